The highest BCUT2D eigenvalue weighted by Crippen LogP contribution is 2.38. The molecule has 0 aliphatic carbocycles. The highest BCUT2D eigenvalue weighted by atomic mass is 35.5. The predicted octanol–water partition coefficient (Wildman–Crippen LogP) is 22.7. The van der Waals surface area contributed by atoms with Gasteiger partial charge in [0.25, 0.3) is 0 Å². The quantitative estimate of drug-likeness (QED) is 0.0245. The topological polar surface area (TPSA) is 195 Å². The maximum absolute atomic E-state index is 12.4. The number of imidazole rings is 2. The van der Waals surface area contributed by atoms with Crippen molar-refractivity contribution >= 4 is 185 Å². The van der Waals surface area contributed by atoms with E-state index < -0.39 is 0 Å². The Bertz CT molecular complexity index is 5270. The Morgan fingerprint density at radius 2 is 0.722 bits per heavy atom. The number of anilines is 10. The standard InChI is InChI=1S/C24H24Cl2N2O2.C23H19Cl2N3O2.C23H22Cl2N2O2.C19H17Cl2N3O2/c1-28(2)19-12-10-17(11-13-19)14-15-30-23(29)16-18-6-3-4-9-22(18)27-24-20(25)7-5-8-21(24)26;24-17-7-5-8-18(25)23(17)27-19-9-2-1-6-16(19)14-22(29)30-13-12-28-15-26-20-10-3-4-11-21(20)28;1-27(18-9-3-2-4-10-18)14-15-29-22(28)16-17-8-5-6-13-21(17)26-23-19(24)11-7-12-20(23)25;20-15-5-3-6-16(21)19(15)23-17-7-2-1-4-14(17)12-18(25)26-11-10-24-9-8-22-13-24/h3-13,27H,14-16H2,1-2H3;1-11,15,27H,12-14H2;2-13,26H,14-16H2,1H3;1-9,13,23H,10-12H2. The molecule has 26 heteroatoms. The number of ether oxygens (including phenoxy) is 4. The third kappa shape index (κ3) is 26.9. The Labute approximate surface area is 708 Å². The molecule has 0 aliphatic heterocycles. The zero-order valence-corrected chi connectivity index (χ0v) is 69.0. The van der Waals surface area contributed by atoms with Gasteiger partial charge >= 0.3 is 23.9 Å². The van der Waals surface area contributed by atoms with E-state index in [-0.39, 0.29) is 56.2 Å². The van der Waals surface area contributed by atoms with Crippen LogP contribution >= 0.6 is 92.8 Å². The van der Waals surface area contributed by atoms with Crippen LogP contribution in [0.2, 0.25) is 40.2 Å². The van der Waals surface area contributed by atoms with Gasteiger partial charge in [-0.25, -0.2) is 9.97 Å². The fourth-order valence-electron chi connectivity index (χ4n) is 11.5. The number of carbonyl (C=O) groups is 4. The average Bonchev–Trinajstić information content (AvgIpc) is 1.81. The molecule has 0 atom stereocenters. The van der Waals surface area contributed by atoms with E-state index in [1.165, 1.54) is 0 Å². The molecule has 592 valence electrons. The van der Waals surface area contributed by atoms with Gasteiger partial charge in [-0.3, -0.25) is 19.2 Å². The van der Waals surface area contributed by atoms with E-state index >= 15 is 0 Å². The van der Waals surface area contributed by atoms with Crippen LogP contribution in [0.15, 0.2) is 274 Å². The first-order valence-corrected chi connectivity index (χ1v) is 39.4. The van der Waals surface area contributed by atoms with Crippen LogP contribution in [0.4, 0.5) is 56.9 Å². The lowest BCUT2D eigenvalue weighted by Crippen LogP contribution is -2.24. The van der Waals surface area contributed by atoms with E-state index in [2.05, 4.69) is 55.5 Å². The molecular formula is C89H82Cl8N10O8. The zero-order valence-electron chi connectivity index (χ0n) is 62.9. The molecule has 0 amide bonds. The van der Waals surface area contributed by atoms with Crippen molar-refractivity contribution in [1.82, 2.24) is 19.1 Å². The van der Waals surface area contributed by atoms with Gasteiger partial charge in [-0.1, -0.05) is 232 Å². The van der Waals surface area contributed by atoms with Crippen LogP contribution in [0.25, 0.3) is 11.0 Å². The van der Waals surface area contributed by atoms with Crippen molar-refractivity contribution < 1.29 is 38.1 Å². The number of esters is 4. The number of halogens is 8. The number of fused-ring (bicyclic) bond motifs is 1. The second kappa shape index (κ2) is 44.7. The first-order chi connectivity index (χ1) is 55.7. The lowest BCUT2D eigenvalue weighted by molar-refractivity contribution is -0.144. The molecule has 0 spiro atoms. The summed E-state index contributed by atoms with van der Waals surface area (Å²) in [6.45, 7) is 2.95. The fraction of sp³-hybridized carbons (Fsp3) is 0.169. The number of nitrogens with zero attached hydrogens (tertiary/aromatic N) is 6. The molecule has 0 saturated carbocycles. The van der Waals surface area contributed by atoms with Crippen LogP contribution in [-0.2, 0) is 83.3 Å². The number of nitrogens with one attached hydrogen (secondary N) is 4. The number of hydrogen-bond acceptors (Lipinski definition) is 16. The number of aromatic nitrogens is 4. The van der Waals surface area contributed by atoms with Crippen molar-refractivity contribution in [2.45, 2.75) is 45.2 Å². The first kappa shape index (κ1) is 86.5. The first-order valence-electron chi connectivity index (χ1n) is 36.4. The summed E-state index contributed by atoms with van der Waals surface area (Å²) in [5.41, 5.74) is 14.0. The predicted molar refractivity (Wildman–Crippen MR) is 470 cm³/mol. The third-order valence-corrected chi connectivity index (χ3v) is 20.1. The maximum atomic E-state index is 12.4. The van der Waals surface area contributed by atoms with E-state index in [9.17, 15) is 19.2 Å². The Balaban J connectivity index is 0.000000162. The van der Waals surface area contributed by atoms with E-state index in [0.29, 0.717) is 109 Å². The number of hydrogen-bond donors (Lipinski definition) is 4. The SMILES string of the molecule is CN(C)c1ccc(CCOC(=O)Cc2ccccc2Nc2c(Cl)cccc2Cl)cc1.CN(CCOC(=O)Cc1ccccc1Nc1c(Cl)cccc1Cl)c1ccccc1.O=C(Cc1ccccc1Nc1c(Cl)cccc1Cl)OCCn1ccnc1.O=C(Cc1ccccc1Nc1c(Cl)cccc1Cl)OCCn1cnc2ccccc21. The van der Waals surface area contributed by atoms with Gasteiger partial charge in [0.15, 0.2) is 0 Å². The summed E-state index contributed by atoms with van der Waals surface area (Å²) >= 11 is 49.9. The minimum atomic E-state index is -0.307. The van der Waals surface area contributed by atoms with Crippen molar-refractivity contribution in [3.8, 4) is 0 Å². The molecule has 0 fully saturated rings. The highest BCUT2D eigenvalue weighted by molar-refractivity contribution is 6.41. The van der Waals surface area contributed by atoms with Crippen molar-refractivity contribution in [1.29, 1.82) is 0 Å². The van der Waals surface area contributed by atoms with Gasteiger partial charge in [0.05, 0.1) is 139 Å². The van der Waals surface area contributed by atoms with Crippen molar-refractivity contribution in [3.63, 3.8) is 0 Å². The van der Waals surface area contributed by atoms with Crippen LogP contribution in [0.5, 0.6) is 0 Å². The molecular weight excluding hydrogens is 1620 g/mol. The van der Waals surface area contributed by atoms with Gasteiger partial charge in [-0.05, 0) is 137 Å². The zero-order chi connectivity index (χ0) is 81.4. The maximum Gasteiger partial charge on any atom is 0.310 e. The minimum absolute atomic E-state index is 0.135. The molecule has 115 heavy (non-hydrogen) atoms. The van der Waals surface area contributed by atoms with Crippen LogP contribution in [-0.4, -0.2) is 97.1 Å². The van der Waals surface area contributed by atoms with E-state index in [1.807, 2.05) is 198 Å². The molecule has 2 heterocycles. The molecule has 2 aromatic heterocycles. The molecule has 0 aliphatic rings. The van der Waals surface area contributed by atoms with Crippen LogP contribution in [0.1, 0.15) is 27.8 Å². The number of benzene rings is 11. The molecule has 0 unspecified atom stereocenters. The molecule has 0 bridgehead atoms. The molecule has 18 nitrogen and oxygen atoms in total. The smallest absolute Gasteiger partial charge is 0.310 e. The molecule has 0 saturated heterocycles. The summed E-state index contributed by atoms with van der Waals surface area (Å²) < 4.78 is 25.5. The number of likely N-dealkylation sites (N-methyl/N-ethyl adjacent to an activating group) is 1. The summed E-state index contributed by atoms with van der Waals surface area (Å²) in [5.74, 6) is -1.17. The summed E-state index contributed by atoms with van der Waals surface area (Å²) in [5, 5.41) is 17.0. The minimum Gasteiger partial charge on any atom is -0.465 e. The fourth-order valence-corrected chi connectivity index (χ4v) is 13.5. The molecule has 4 N–H and O–H groups in total. The Morgan fingerprint density at radius 3 is 1.11 bits per heavy atom. The van der Waals surface area contributed by atoms with E-state index in [0.717, 1.165) is 73.0 Å². The van der Waals surface area contributed by atoms with Gasteiger partial charge in [-0.2, -0.15) is 0 Å². The molecule has 13 aromatic rings. The largest absolute Gasteiger partial charge is 0.465 e. The van der Waals surface area contributed by atoms with Gasteiger partial charge in [-0.15, -0.1) is 0 Å². The second-order valence-corrected chi connectivity index (χ2v) is 29.2. The normalized spacial score (nSPS) is 10.6. The summed E-state index contributed by atoms with van der Waals surface area (Å²) in [6.07, 6.45) is 8.21. The van der Waals surface area contributed by atoms with Gasteiger partial charge in [0, 0.05) is 74.1 Å². The molecule has 11 aromatic carbocycles. The van der Waals surface area contributed by atoms with Gasteiger partial charge in [0.1, 0.15) is 19.8 Å². The molecule has 0 radical (unpaired) electrons. The Kier molecular flexibility index (Phi) is 33.6. The Morgan fingerprint density at radius 1 is 0.365 bits per heavy atom. The van der Waals surface area contributed by atoms with Crippen LogP contribution < -0.4 is 31.1 Å². The monoisotopic (exact) mass is 1700 g/mol. The third-order valence-electron chi connectivity index (χ3n) is 17.6. The lowest BCUT2D eigenvalue weighted by atomic mass is 10.1. The number of carbonyl (C=O) groups excluding carboxylic acids is 4. The van der Waals surface area contributed by atoms with Crippen molar-refractivity contribution in [2.75, 3.05) is 85.2 Å². The average molecular weight is 1700 g/mol. The molecule has 13 rings (SSSR count). The van der Waals surface area contributed by atoms with Crippen LogP contribution in [0, 0.1) is 0 Å². The summed E-state index contributed by atoms with van der Waals surface area (Å²) in [7, 11) is 5.97. The summed E-state index contributed by atoms with van der Waals surface area (Å²) in [6, 6.07) is 77.3. The lowest BCUT2D eigenvalue weighted by Gasteiger charge is -2.19. The van der Waals surface area contributed by atoms with E-state index in [1.54, 1.807) is 91.6 Å². The number of para-hydroxylation sites is 11. The Hall–Kier alpha value is -10.9. The van der Waals surface area contributed by atoms with Crippen molar-refractivity contribution in [2.24, 2.45) is 0 Å². The number of rotatable bonds is 30. The van der Waals surface area contributed by atoms with Gasteiger partial charge in [0.2, 0.25) is 0 Å². The summed E-state index contributed by atoms with van der Waals surface area (Å²) in [4.78, 5) is 61.7. The second-order valence-electron chi connectivity index (χ2n) is 25.9. The van der Waals surface area contributed by atoms with Gasteiger partial charge < -0.3 is 59.1 Å². The van der Waals surface area contributed by atoms with Crippen molar-refractivity contribution in [3.05, 3.63) is 342 Å². The van der Waals surface area contributed by atoms with Crippen LogP contribution in [0.3, 0.4) is 0 Å². The highest BCUT2D eigenvalue weighted by Gasteiger charge is 2.19. The van der Waals surface area contributed by atoms with E-state index in [4.69, 9.17) is 112 Å².